The minimum absolute atomic E-state index is 0.0223. The Labute approximate surface area is 208 Å². The van der Waals surface area contributed by atoms with Gasteiger partial charge in [-0.3, -0.25) is 9.59 Å². The fraction of sp³-hybridized carbons (Fsp3) is 0.308. The fourth-order valence-electron chi connectivity index (χ4n) is 3.95. The molecule has 0 radical (unpaired) electrons. The lowest BCUT2D eigenvalue weighted by molar-refractivity contribution is 0.0748. The molecule has 4 rings (SSSR count). The number of phenolic OH excluding ortho intramolecular Hbond substituents is 2. The number of nitrogens with zero attached hydrogens (tertiary/aromatic N) is 3. The van der Waals surface area contributed by atoms with Gasteiger partial charge in [0.2, 0.25) is 0 Å². The highest BCUT2D eigenvalue weighted by atomic mass is 32.1. The topological polar surface area (TPSA) is 93.6 Å². The predicted octanol–water partition coefficient (Wildman–Crippen LogP) is 3.53. The molecule has 1 aliphatic rings. The van der Waals surface area contributed by atoms with Crippen LogP contribution in [0.3, 0.4) is 0 Å². The van der Waals surface area contributed by atoms with Crippen LogP contribution in [0.5, 0.6) is 17.2 Å². The predicted molar refractivity (Wildman–Crippen MR) is 134 cm³/mol. The van der Waals surface area contributed by atoms with Crippen molar-refractivity contribution in [3.05, 3.63) is 75.0 Å². The monoisotopic (exact) mass is 495 g/mol. The molecule has 0 bridgehead atoms. The van der Waals surface area contributed by atoms with Crippen molar-refractivity contribution >= 4 is 23.2 Å². The van der Waals surface area contributed by atoms with Crippen LogP contribution in [0, 0.1) is 0 Å². The molecule has 2 amide bonds. The second kappa shape index (κ2) is 10.4. The van der Waals surface area contributed by atoms with E-state index in [-0.39, 0.29) is 22.6 Å². The maximum atomic E-state index is 13.3. The largest absolute Gasteiger partial charge is 0.507 e. The summed E-state index contributed by atoms with van der Waals surface area (Å²) < 4.78 is 5.80. The van der Waals surface area contributed by atoms with Crippen LogP contribution in [0.25, 0.3) is 0 Å². The van der Waals surface area contributed by atoms with Crippen LogP contribution in [0.1, 0.15) is 36.7 Å². The van der Waals surface area contributed by atoms with Crippen LogP contribution in [-0.4, -0.2) is 71.0 Å². The Morgan fingerprint density at radius 1 is 1.00 bits per heavy atom. The zero-order valence-corrected chi connectivity index (χ0v) is 20.8. The molecule has 0 atom stereocenters. The number of hydrogen-bond acceptors (Lipinski definition) is 7. The first-order chi connectivity index (χ1) is 16.7. The molecule has 0 fully saturated rings. The molecule has 1 aromatic heterocycles. The summed E-state index contributed by atoms with van der Waals surface area (Å²) in [6.45, 7) is 2.48. The Balaban J connectivity index is 1.49. The van der Waals surface area contributed by atoms with Gasteiger partial charge in [0.1, 0.15) is 23.9 Å². The number of thiophene rings is 1. The molecule has 2 aromatic carbocycles. The summed E-state index contributed by atoms with van der Waals surface area (Å²) in [5.41, 5.74) is 1.93. The number of benzene rings is 2. The smallest absolute Gasteiger partial charge is 0.258 e. The first kappa shape index (κ1) is 24.6. The van der Waals surface area contributed by atoms with Crippen molar-refractivity contribution < 1.29 is 24.5 Å². The van der Waals surface area contributed by atoms with Gasteiger partial charge in [-0.25, -0.2) is 0 Å². The number of phenols is 2. The van der Waals surface area contributed by atoms with Crippen LogP contribution in [0.4, 0.5) is 0 Å². The summed E-state index contributed by atoms with van der Waals surface area (Å²) in [4.78, 5) is 32.4. The van der Waals surface area contributed by atoms with Crippen molar-refractivity contribution in [2.45, 2.75) is 19.6 Å². The standard InChI is InChI=1S/C26H29N3O5S/c1-27(2)8-9-34-19-7-6-17-14-29(15-18(17)11-19)26(33)22-12-21(23(30)13-24(22)31)25(32)28(3)16-20-5-4-10-35-20/h4-7,10-13,30-31H,8-9,14-16H2,1-3H3. The van der Waals surface area contributed by atoms with Gasteiger partial charge < -0.3 is 29.6 Å². The summed E-state index contributed by atoms with van der Waals surface area (Å²) in [5.74, 6) is -0.841. The van der Waals surface area contributed by atoms with Gasteiger partial charge in [-0.15, -0.1) is 11.3 Å². The molecule has 8 nitrogen and oxygen atoms in total. The highest BCUT2D eigenvalue weighted by molar-refractivity contribution is 7.09. The van der Waals surface area contributed by atoms with Crippen LogP contribution in [0.2, 0.25) is 0 Å². The van der Waals surface area contributed by atoms with E-state index in [1.807, 2.05) is 54.7 Å². The molecule has 1 aliphatic heterocycles. The van der Waals surface area contributed by atoms with Crippen molar-refractivity contribution in [2.75, 3.05) is 34.3 Å². The third kappa shape index (κ3) is 5.58. The molecule has 0 saturated carbocycles. The number of carbonyl (C=O) groups is 2. The molecule has 2 heterocycles. The normalized spacial score (nSPS) is 12.6. The van der Waals surface area contributed by atoms with Gasteiger partial charge >= 0.3 is 0 Å². The number of likely N-dealkylation sites (N-methyl/N-ethyl adjacent to an activating group) is 1. The summed E-state index contributed by atoms with van der Waals surface area (Å²) >= 11 is 1.53. The van der Waals surface area contributed by atoms with Crippen molar-refractivity contribution in [3.63, 3.8) is 0 Å². The SMILES string of the molecule is CN(C)CCOc1ccc2c(c1)CN(C(=O)c1cc(C(=O)N(C)Cc3cccs3)c(O)cc1O)C2. The molecule has 9 heteroatoms. The van der Waals surface area contributed by atoms with Gasteiger partial charge in [0.15, 0.2) is 0 Å². The highest BCUT2D eigenvalue weighted by Gasteiger charge is 2.28. The molecule has 3 aromatic rings. The molecular weight excluding hydrogens is 466 g/mol. The van der Waals surface area contributed by atoms with E-state index in [0.717, 1.165) is 34.4 Å². The lowest BCUT2D eigenvalue weighted by Gasteiger charge is -2.20. The number of fused-ring (bicyclic) bond motifs is 1. The van der Waals surface area contributed by atoms with Gasteiger partial charge in [-0.05, 0) is 54.9 Å². The zero-order valence-electron chi connectivity index (χ0n) is 20.0. The van der Waals surface area contributed by atoms with Gasteiger partial charge in [0.25, 0.3) is 11.8 Å². The Morgan fingerprint density at radius 3 is 2.46 bits per heavy atom. The zero-order chi connectivity index (χ0) is 25.1. The van der Waals surface area contributed by atoms with Gasteiger partial charge in [-0.1, -0.05) is 12.1 Å². The fourth-order valence-corrected chi connectivity index (χ4v) is 4.71. The summed E-state index contributed by atoms with van der Waals surface area (Å²) in [5, 5.41) is 22.7. The summed E-state index contributed by atoms with van der Waals surface area (Å²) in [6.07, 6.45) is 0. The van der Waals surface area contributed by atoms with Crippen molar-refractivity contribution in [3.8, 4) is 17.2 Å². The van der Waals surface area contributed by atoms with Gasteiger partial charge in [0.05, 0.1) is 17.7 Å². The number of ether oxygens (including phenoxy) is 1. The van der Waals surface area contributed by atoms with Crippen LogP contribution in [0.15, 0.2) is 47.8 Å². The van der Waals surface area contributed by atoms with E-state index in [4.69, 9.17) is 4.74 Å². The molecule has 184 valence electrons. The van der Waals surface area contributed by atoms with E-state index in [1.165, 1.54) is 22.3 Å². The van der Waals surface area contributed by atoms with Gasteiger partial charge in [-0.2, -0.15) is 0 Å². The lowest BCUT2D eigenvalue weighted by Crippen LogP contribution is -2.28. The summed E-state index contributed by atoms with van der Waals surface area (Å²) in [7, 11) is 5.59. The van der Waals surface area contributed by atoms with Crippen LogP contribution >= 0.6 is 11.3 Å². The van der Waals surface area contributed by atoms with E-state index < -0.39 is 11.8 Å². The average Bonchev–Trinajstić information content (AvgIpc) is 3.47. The quantitative estimate of drug-likeness (QED) is 0.497. The van der Waals surface area contributed by atoms with Crippen molar-refractivity contribution in [2.24, 2.45) is 0 Å². The number of amides is 2. The molecule has 0 spiro atoms. The number of rotatable bonds is 8. The van der Waals surface area contributed by atoms with Gasteiger partial charge in [0, 0.05) is 37.6 Å². The molecule has 0 unspecified atom stereocenters. The molecule has 0 saturated heterocycles. The lowest BCUT2D eigenvalue weighted by atomic mass is 10.1. The number of hydrogen-bond donors (Lipinski definition) is 2. The minimum Gasteiger partial charge on any atom is -0.507 e. The Hall–Kier alpha value is -3.56. The van der Waals surface area contributed by atoms with E-state index in [0.29, 0.717) is 26.2 Å². The molecule has 0 aliphatic carbocycles. The van der Waals surface area contributed by atoms with E-state index in [2.05, 4.69) is 0 Å². The van der Waals surface area contributed by atoms with Crippen LogP contribution < -0.4 is 4.74 Å². The second-order valence-electron chi connectivity index (χ2n) is 8.87. The van der Waals surface area contributed by atoms with Crippen molar-refractivity contribution in [1.29, 1.82) is 0 Å². The van der Waals surface area contributed by atoms with E-state index in [1.54, 1.807) is 11.9 Å². The maximum Gasteiger partial charge on any atom is 0.258 e. The second-order valence-corrected chi connectivity index (χ2v) is 9.90. The maximum absolute atomic E-state index is 13.3. The molecule has 35 heavy (non-hydrogen) atoms. The Kier molecular flexibility index (Phi) is 7.28. The number of carbonyl (C=O) groups excluding carboxylic acids is 2. The highest BCUT2D eigenvalue weighted by Crippen LogP contribution is 2.33. The first-order valence-corrected chi connectivity index (χ1v) is 12.1. The Morgan fingerprint density at radius 2 is 1.74 bits per heavy atom. The van der Waals surface area contributed by atoms with Crippen molar-refractivity contribution in [1.82, 2.24) is 14.7 Å². The third-order valence-electron chi connectivity index (χ3n) is 5.89. The summed E-state index contributed by atoms with van der Waals surface area (Å²) in [6, 6.07) is 11.9. The average molecular weight is 496 g/mol. The third-order valence-corrected chi connectivity index (χ3v) is 6.75. The minimum atomic E-state index is -0.436. The van der Waals surface area contributed by atoms with Crippen LogP contribution in [-0.2, 0) is 19.6 Å². The Bertz CT molecular complexity index is 1230. The van der Waals surface area contributed by atoms with E-state index >= 15 is 0 Å². The molecular formula is C26H29N3O5S. The molecule has 2 N–H and O–H groups in total. The first-order valence-electron chi connectivity index (χ1n) is 11.3. The van der Waals surface area contributed by atoms with E-state index in [9.17, 15) is 19.8 Å². The number of aromatic hydroxyl groups is 2.